The summed E-state index contributed by atoms with van der Waals surface area (Å²) in [5, 5.41) is 0.407. The molecule has 1 aromatic heterocycles. The normalized spacial score (nSPS) is 14.9. The smallest absolute Gasteiger partial charge is 0.338 e. The number of nitrogens with one attached hydrogen (secondary N) is 1. The number of aromatic amines is 1. The summed E-state index contributed by atoms with van der Waals surface area (Å²) in [6, 6.07) is 5.35. The Morgan fingerprint density at radius 2 is 1.61 bits per heavy atom. The Hall–Kier alpha value is -3.42. The van der Waals surface area contributed by atoms with Gasteiger partial charge >= 0.3 is 11.9 Å². The van der Waals surface area contributed by atoms with Crippen LogP contribution in [0.1, 0.15) is 25.3 Å². The number of benzene rings is 1. The van der Waals surface area contributed by atoms with Gasteiger partial charge in [0.25, 0.3) is 5.56 Å². The maximum atomic E-state index is 13.7. The Labute approximate surface area is 159 Å². The summed E-state index contributed by atoms with van der Waals surface area (Å²) < 4.78 is 28.9. The second-order valence-corrected chi connectivity index (χ2v) is 6.24. The van der Waals surface area contributed by atoms with Crippen molar-refractivity contribution in [3.05, 3.63) is 68.7 Å². The van der Waals surface area contributed by atoms with Crippen LogP contribution < -0.4 is 5.56 Å². The number of fused-ring (bicyclic) bond motifs is 1. The highest BCUT2D eigenvalue weighted by molar-refractivity contribution is 5.99. The summed E-state index contributed by atoms with van der Waals surface area (Å²) >= 11 is 0. The number of aromatic nitrogens is 1. The first-order valence-corrected chi connectivity index (χ1v) is 8.37. The van der Waals surface area contributed by atoms with Gasteiger partial charge in [-0.25, -0.2) is 14.0 Å². The molecule has 0 bridgehead atoms. The van der Waals surface area contributed by atoms with Crippen LogP contribution in [0.15, 0.2) is 51.7 Å². The van der Waals surface area contributed by atoms with Gasteiger partial charge in [0.1, 0.15) is 17.3 Å². The molecule has 2 aromatic rings. The number of ether oxygens (including phenoxy) is 3. The fraction of sp³-hybridized carbons (Fsp3) is 0.250. The molecule has 28 heavy (non-hydrogen) atoms. The molecule has 0 saturated carbocycles. The highest BCUT2D eigenvalue weighted by atomic mass is 19.1. The molecular formula is C20H18FNO6. The maximum Gasteiger partial charge on any atom is 0.338 e. The standard InChI is InChI=1S/C20H18FNO6/c1-9-15(19(24)26-3)17(16(10(2)28-9)20(25)27-4)13-8-11-7-12(21)5-6-14(11)22-18(13)23/h5-8,17H,1-4H3,(H,22,23). The van der Waals surface area contributed by atoms with Gasteiger partial charge in [-0.05, 0) is 38.1 Å². The number of methoxy groups -OCH3 is 2. The average molecular weight is 387 g/mol. The van der Waals surface area contributed by atoms with Gasteiger partial charge in [-0.3, -0.25) is 4.79 Å². The number of halogens is 1. The molecule has 8 heteroatoms. The number of rotatable bonds is 3. The number of pyridine rings is 1. The van der Waals surface area contributed by atoms with Crippen molar-refractivity contribution in [2.24, 2.45) is 0 Å². The van der Waals surface area contributed by atoms with Gasteiger partial charge in [0.15, 0.2) is 0 Å². The second-order valence-electron chi connectivity index (χ2n) is 6.24. The van der Waals surface area contributed by atoms with E-state index in [0.29, 0.717) is 10.9 Å². The molecule has 1 N–H and O–H groups in total. The van der Waals surface area contributed by atoms with Crippen LogP contribution in [0.25, 0.3) is 10.9 Å². The molecule has 0 amide bonds. The van der Waals surface area contributed by atoms with Crippen LogP contribution in [0.3, 0.4) is 0 Å². The summed E-state index contributed by atoms with van der Waals surface area (Å²) in [4.78, 5) is 40.4. The molecule has 1 aliphatic rings. The summed E-state index contributed by atoms with van der Waals surface area (Å²) in [7, 11) is 2.37. The molecule has 0 fully saturated rings. The Kier molecular flexibility index (Phi) is 5.04. The third-order valence-electron chi connectivity index (χ3n) is 4.60. The van der Waals surface area contributed by atoms with E-state index in [1.807, 2.05) is 0 Å². The van der Waals surface area contributed by atoms with E-state index in [1.54, 1.807) is 0 Å². The quantitative estimate of drug-likeness (QED) is 0.814. The number of H-pyrrole nitrogens is 1. The number of carbonyl (C=O) groups is 2. The lowest BCUT2D eigenvalue weighted by Gasteiger charge is -2.28. The topological polar surface area (TPSA) is 94.7 Å². The van der Waals surface area contributed by atoms with Crippen molar-refractivity contribution in [1.82, 2.24) is 4.98 Å². The van der Waals surface area contributed by atoms with Crippen molar-refractivity contribution in [1.29, 1.82) is 0 Å². The molecule has 0 unspecified atom stereocenters. The molecule has 0 saturated heterocycles. The summed E-state index contributed by atoms with van der Waals surface area (Å²) in [5.74, 6) is -2.70. The van der Waals surface area contributed by atoms with Crippen LogP contribution in [0.5, 0.6) is 0 Å². The SMILES string of the molecule is COC(=O)C1=C(C)OC(C)=C(C(=O)OC)C1c1cc2cc(F)ccc2[nH]c1=O. The zero-order valence-corrected chi connectivity index (χ0v) is 15.7. The molecule has 0 spiro atoms. The lowest BCUT2D eigenvalue weighted by Crippen LogP contribution is -2.30. The number of carbonyl (C=O) groups excluding carboxylic acids is 2. The van der Waals surface area contributed by atoms with E-state index in [-0.39, 0.29) is 28.2 Å². The Morgan fingerprint density at radius 1 is 1.04 bits per heavy atom. The Bertz CT molecular complexity index is 1070. The van der Waals surface area contributed by atoms with Gasteiger partial charge in [-0.15, -0.1) is 0 Å². The first kappa shape index (κ1) is 19.3. The predicted molar refractivity (Wildman–Crippen MR) is 97.8 cm³/mol. The maximum absolute atomic E-state index is 13.7. The number of allylic oxidation sites excluding steroid dienone is 2. The molecule has 7 nitrogen and oxygen atoms in total. The number of hydrogen-bond acceptors (Lipinski definition) is 6. The van der Waals surface area contributed by atoms with Gasteiger partial charge in [0, 0.05) is 16.5 Å². The summed E-state index contributed by atoms with van der Waals surface area (Å²) in [5.41, 5.74) is -0.0531. The van der Waals surface area contributed by atoms with E-state index in [2.05, 4.69) is 4.98 Å². The molecule has 0 atom stereocenters. The first-order valence-electron chi connectivity index (χ1n) is 8.37. The molecule has 146 valence electrons. The van der Waals surface area contributed by atoms with Crippen molar-refractivity contribution < 1.29 is 28.2 Å². The lowest BCUT2D eigenvalue weighted by molar-refractivity contribution is -0.137. The average Bonchev–Trinajstić information content (AvgIpc) is 2.66. The fourth-order valence-electron chi connectivity index (χ4n) is 3.35. The Balaban J connectivity index is 2.34. The lowest BCUT2D eigenvalue weighted by atomic mass is 9.82. The van der Waals surface area contributed by atoms with E-state index in [4.69, 9.17) is 14.2 Å². The fourth-order valence-corrected chi connectivity index (χ4v) is 3.35. The van der Waals surface area contributed by atoms with E-state index in [9.17, 15) is 18.8 Å². The molecular weight excluding hydrogens is 369 g/mol. The molecule has 2 heterocycles. The summed E-state index contributed by atoms with van der Waals surface area (Å²) in [6.45, 7) is 3.07. The van der Waals surface area contributed by atoms with Crippen LogP contribution in [-0.4, -0.2) is 31.1 Å². The van der Waals surface area contributed by atoms with Crippen molar-refractivity contribution in [3.8, 4) is 0 Å². The van der Waals surface area contributed by atoms with Gasteiger partial charge in [0.2, 0.25) is 0 Å². The van der Waals surface area contributed by atoms with E-state index in [1.165, 1.54) is 52.3 Å². The number of esters is 2. The molecule has 3 rings (SSSR count). The summed E-state index contributed by atoms with van der Waals surface area (Å²) in [6.07, 6.45) is 0. The van der Waals surface area contributed by atoms with Gasteiger partial charge in [-0.2, -0.15) is 0 Å². The van der Waals surface area contributed by atoms with E-state index < -0.39 is 29.2 Å². The van der Waals surface area contributed by atoms with Crippen molar-refractivity contribution in [3.63, 3.8) is 0 Å². The molecule has 0 aliphatic carbocycles. The van der Waals surface area contributed by atoms with Crippen molar-refractivity contribution >= 4 is 22.8 Å². The zero-order chi connectivity index (χ0) is 20.6. The zero-order valence-electron chi connectivity index (χ0n) is 15.7. The van der Waals surface area contributed by atoms with Crippen LogP contribution in [0, 0.1) is 5.82 Å². The highest BCUT2D eigenvalue weighted by Crippen LogP contribution is 2.40. The predicted octanol–water partition coefficient (Wildman–Crippen LogP) is 2.67. The second kappa shape index (κ2) is 7.30. The third-order valence-corrected chi connectivity index (χ3v) is 4.60. The number of hydrogen-bond donors (Lipinski definition) is 1. The van der Waals surface area contributed by atoms with Crippen LogP contribution in [0.2, 0.25) is 0 Å². The van der Waals surface area contributed by atoms with Gasteiger partial charge in [0.05, 0.1) is 31.3 Å². The molecule has 1 aromatic carbocycles. The van der Waals surface area contributed by atoms with Crippen molar-refractivity contribution in [2.45, 2.75) is 19.8 Å². The minimum Gasteiger partial charge on any atom is -0.466 e. The minimum absolute atomic E-state index is 0.00486. The molecule has 0 radical (unpaired) electrons. The largest absolute Gasteiger partial charge is 0.466 e. The van der Waals surface area contributed by atoms with Gasteiger partial charge in [-0.1, -0.05) is 0 Å². The monoisotopic (exact) mass is 387 g/mol. The van der Waals surface area contributed by atoms with Crippen molar-refractivity contribution in [2.75, 3.05) is 14.2 Å². The van der Waals surface area contributed by atoms with Gasteiger partial charge < -0.3 is 19.2 Å². The highest BCUT2D eigenvalue weighted by Gasteiger charge is 2.40. The third kappa shape index (κ3) is 3.17. The van der Waals surface area contributed by atoms with Crippen LogP contribution in [0.4, 0.5) is 4.39 Å². The Morgan fingerprint density at radius 3 is 2.14 bits per heavy atom. The van der Waals surface area contributed by atoms with Crippen LogP contribution in [-0.2, 0) is 23.8 Å². The van der Waals surface area contributed by atoms with E-state index in [0.717, 1.165) is 0 Å². The molecule has 1 aliphatic heterocycles. The minimum atomic E-state index is -1.09. The van der Waals surface area contributed by atoms with Crippen LogP contribution >= 0.6 is 0 Å². The first-order chi connectivity index (χ1) is 13.3. The van der Waals surface area contributed by atoms with E-state index >= 15 is 0 Å².